The van der Waals surface area contributed by atoms with Crippen molar-refractivity contribution in [3.8, 4) is 5.75 Å². The second-order valence-electron chi connectivity index (χ2n) is 4.34. The van der Waals surface area contributed by atoms with Crippen LogP contribution in [-0.4, -0.2) is 11.7 Å². The molecule has 2 rings (SSSR count). The lowest BCUT2D eigenvalue weighted by Crippen LogP contribution is -1.94. The molecular weight excluding hydrogens is 260 g/mol. The third-order valence-corrected chi connectivity index (χ3v) is 3.29. The van der Waals surface area contributed by atoms with E-state index in [-0.39, 0.29) is 6.61 Å². The van der Waals surface area contributed by atoms with Crippen molar-refractivity contribution in [1.29, 1.82) is 0 Å². The maximum atomic E-state index is 9.15. The number of aliphatic hydroxyl groups is 1. The van der Waals surface area contributed by atoms with E-state index < -0.39 is 0 Å². The van der Waals surface area contributed by atoms with Crippen LogP contribution in [0.4, 0.5) is 0 Å². The van der Waals surface area contributed by atoms with Gasteiger partial charge in [0.05, 0.1) is 13.2 Å². The molecular formula is C16H17ClO2. The SMILES string of the molecule is CCOc1ccc(Cc2cc(CO)ccc2Cl)cc1. The standard InChI is InChI=1S/C16H17ClO2/c1-2-19-15-6-3-12(4-7-15)9-14-10-13(11-18)5-8-16(14)17/h3-8,10,18H,2,9,11H2,1H3. The topological polar surface area (TPSA) is 29.5 Å². The predicted octanol–water partition coefficient (Wildman–Crippen LogP) is 3.82. The Balaban J connectivity index is 2.16. The summed E-state index contributed by atoms with van der Waals surface area (Å²) in [5.41, 5.74) is 3.07. The number of hydrogen-bond donors (Lipinski definition) is 1. The van der Waals surface area contributed by atoms with Crippen LogP contribution in [0, 0.1) is 0 Å². The molecule has 100 valence electrons. The maximum absolute atomic E-state index is 9.15. The predicted molar refractivity (Wildman–Crippen MR) is 77.8 cm³/mol. The first kappa shape index (κ1) is 13.9. The quantitative estimate of drug-likeness (QED) is 0.899. The van der Waals surface area contributed by atoms with Crippen molar-refractivity contribution >= 4 is 11.6 Å². The Hall–Kier alpha value is -1.51. The molecule has 0 aliphatic rings. The Kier molecular flexibility index (Phi) is 4.83. The van der Waals surface area contributed by atoms with Crippen LogP contribution < -0.4 is 4.74 Å². The fraction of sp³-hybridized carbons (Fsp3) is 0.250. The van der Waals surface area contributed by atoms with Crippen LogP contribution in [0.3, 0.4) is 0 Å². The van der Waals surface area contributed by atoms with Crippen LogP contribution in [0.1, 0.15) is 23.6 Å². The van der Waals surface area contributed by atoms with Crippen LogP contribution >= 0.6 is 11.6 Å². The first-order chi connectivity index (χ1) is 9.22. The summed E-state index contributed by atoms with van der Waals surface area (Å²) in [7, 11) is 0. The van der Waals surface area contributed by atoms with E-state index in [1.165, 1.54) is 5.56 Å². The zero-order valence-corrected chi connectivity index (χ0v) is 11.7. The summed E-state index contributed by atoms with van der Waals surface area (Å²) in [5.74, 6) is 0.876. The molecule has 0 aliphatic carbocycles. The van der Waals surface area contributed by atoms with Gasteiger partial charge in [0, 0.05) is 5.02 Å². The minimum Gasteiger partial charge on any atom is -0.494 e. The first-order valence-electron chi connectivity index (χ1n) is 6.33. The lowest BCUT2D eigenvalue weighted by molar-refractivity contribution is 0.282. The second kappa shape index (κ2) is 6.60. The fourth-order valence-corrected chi connectivity index (χ4v) is 2.14. The largest absolute Gasteiger partial charge is 0.494 e. The molecule has 0 radical (unpaired) electrons. The van der Waals surface area contributed by atoms with Crippen LogP contribution in [-0.2, 0) is 13.0 Å². The smallest absolute Gasteiger partial charge is 0.119 e. The number of ether oxygens (including phenoxy) is 1. The molecule has 0 heterocycles. The molecule has 0 fully saturated rings. The molecule has 0 saturated heterocycles. The van der Waals surface area contributed by atoms with Crippen LogP contribution in [0.25, 0.3) is 0 Å². The maximum Gasteiger partial charge on any atom is 0.119 e. The van der Waals surface area contributed by atoms with E-state index in [1.807, 2.05) is 49.4 Å². The molecule has 0 saturated carbocycles. The van der Waals surface area contributed by atoms with Gasteiger partial charge in [-0.05, 0) is 48.2 Å². The number of hydrogen-bond acceptors (Lipinski definition) is 2. The highest BCUT2D eigenvalue weighted by Crippen LogP contribution is 2.22. The fourth-order valence-electron chi connectivity index (χ4n) is 1.95. The van der Waals surface area contributed by atoms with Gasteiger partial charge >= 0.3 is 0 Å². The molecule has 3 heteroatoms. The van der Waals surface area contributed by atoms with Crippen molar-refractivity contribution in [2.24, 2.45) is 0 Å². The molecule has 0 spiro atoms. The van der Waals surface area contributed by atoms with Crippen molar-refractivity contribution in [2.75, 3.05) is 6.61 Å². The van der Waals surface area contributed by atoms with Crippen LogP contribution in [0.15, 0.2) is 42.5 Å². The van der Waals surface area contributed by atoms with Gasteiger partial charge in [-0.3, -0.25) is 0 Å². The van der Waals surface area contributed by atoms with Gasteiger partial charge in [0.25, 0.3) is 0 Å². The molecule has 1 N–H and O–H groups in total. The second-order valence-corrected chi connectivity index (χ2v) is 4.74. The Morgan fingerprint density at radius 3 is 2.37 bits per heavy atom. The monoisotopic (exact) mass is 276 g/mol. The van der Waals surface area contributed by atoms with Gasteiger partial charge in [0.2, 0.25) is 0 Å². The molecule has 0 bridgehead atoms. The van der Waals surface area contributed by atoms with E-state index >= 15 is 0 Å². The van der Waals surface area contributed by atoms with Crippen molar-refractivity contribution in [3.63, 3.8) is 0 Å². The minimum absolute atomic E-state index is 0.0352. The molecule has 19 heavy (non-hydrogen) atoms. The highest BCUT2D eigenvalue weighted by atomic mass is 35.5. The van der Waals surface area contributed by atoms with Crippen molar-refractivity contribution in [2.45, 2.75) is 20.0 Å². The van der Waals surface area contributed by atoms with Crippen molar-refractivity contribution in [3.05, 3.63) is 64.2 Å². The molecule has 0 aromatic heterocycles. The van der Waals surface area contributed by atoms with E-state index in [0.29, 0.717) is 6.61 Å². The average Bonchev–Trinajstić information content (AvgIpc) is 2.44. The van der Waals surface area contributed by atoms with E-state index in [9.17, 15) is 0 Å². The third kappa shape index (κ3) is 3.72. The summed E-state index contributed by atoms with van der Waals surface area (Å²) >= 11 is 6.18. The summed E-state index contributed by atoms with van der Waals surface area (Å²) in [6, 6.07) is 13.6. The summed E-state index contributed by atoms with van der Waals surface area (Å²) in [6.45, 7) is 2.67. The van der Waals surface area contributed by atoms with E-state index in [4.69, 9.17) is 21.4 Å². The molecule has 2 aromatic rings. The van der Waals surface area contributed by atoms with Gasteiger partial charge < -0.3 is 9.84 Å². The molecule has 0 aliphatic heterocycles. The number of benzene rings is 2. The Morgan fingerprint density at radius 1 is 1.05 bits per heavy atom. The van der Waals surface area contributed by atoms with E-state index in [0.717, 1.165) is 28.3 Å². The van der Waals surface area contributed by atoms with Gasteiger partial charge in [-0.25, -0.2) is 0 Å². The summed E-state index contributed by atoms with van der Waals surface area (Å²) in [4.78, 5) is 0. The van der Waals surface area contributed by atoms with Gasteiger partial charge in [-0.2, -0.15) is 0 Å². The number of aliphatic hydroxyl groups excluding tert-OH is 1. The van der Waals surface area contributed by atoms with E-state index in [1.54, 1.807) is 0 Å². The normalized spacial score (nSPS) is 10.5. The summed E-state index contributed by atoms with van der Waals surface area (Å²) in [6.07, 6.45) is 0.749. The third-order valence-electron chi connectivity index (χ3n) is 2.92. The van der Waals surface area contributed by atoms with Crippen LogP contribution in [0.2, 0.25) is 5.02 Å². The van der Waals surface area contributed by atoms with Gasteiger partial charge in [0.15, 0.2) is 0 Å². The summed E-state index contributed by atoms with van der Waals surface area (Å²) < 4.78 is 5.41. The zero-order chi connectivity index (χ0) is 13.7. The highest BCUT2D eigenvalue weighted by molar-refractivity contribution is 6.31. The Bertz CT molecular complexity index is 535. The van der Waals surface area contributed by atoms with E-state index in [2.05, 4.69) is 0 Å². The highest BCUT2D eigenvalue weighted by Gasteiger charge is 2.04. The first-order valence-corrected chi connectivity index (χ1v) is 6.70. The van der Waals surface area contributed by atoms with Gasteiger partial charge in [-0.1, -0.05) is 35.9 Å². The zero-order valence-electron chi connectivity index (χ0n) is 10.9. The minimum atomic E-state index is 0.0352. The average molecular weight is 277 g/mol. The number of halogens is 1. The molecule has 0 amide bonds. The van der Waals surface area contributed by atoms with Crippen LogP contribution in [0.5, 0.6) is 5.75 Å². The summed E-state index contributed by atoms with van der Waals surface area (Å²) in [5, 5.41) is 9.88. The Morgan fingerprint density at radius 2 is 1.74 bits per heavy atom. The van der Waals surface area contributed by atoms with Crippen molar-refractivity contribution < 1.29 is 9.84 Å². The molecule has 0 atom stereocenters. The molecule has 2 aromatic carbocycles. The number of rotatable bonds is 5. The molecule has 2 nitrogen and oxygen atoms in total. The lowest BCUT2D eigenvalue weighted by Gasteiger charge is -2.08. The van der Waals surface area contributed by atoms with Crippen molar-refractivity contribution in [1.82, 2.24) is 0 Å². The molecule has 0 unspecified atom stereocenters. The lowest BCUT2D eigenvalue weighted by atomic mass is 10.0. The van der Waals surface area contributed by atoms with Gasteiger partial charge in [0.1, 0.15) is 5.75 Å². The Labute approximate surface area is 118 Å². The van der Waals surface area contributed by atoms with Gasteiger partial charge in [-0.15, -0.1) is 0 Å².